The number of rotatable bonds is 7. The van der Waals surface area contributed by atoms with E-state index in [9.17, 15) is 22.4 Å². The Balaban J connectivity index is 1.08. The third-order valence-electron chi connectivity index (χ3n) is 7.25. The molecule has 2 aromatic carbocycles. The van der Waals surface area contributed by atoms with Gasteiger partial charge in [0, 0.05) is 43.5 Å². The Bertz CT molecular complexity index is 1540. The molecule has 3 heterocycles. The maximum atomic E-state index is 14.8. The van der Waals surface area contributed by atoms with Crippen LogP contribution in [0.3, 0.4) is 0 Å². The molecule has 7 nitrogen and oxygen atoms in total. The molecule has 0 saturated heterocycles. The van der Waals surface area contributed by atoms with Crippen LogP contribution in [0, 0.1) is 5.82 Å². The van der Waals surface area contributed by atoms with Crippen molar-refractivity contribution in [3.05, 3.63) is 94.5 Å². The predicted octanol–water partition coefficient (Wildman–Crippen LogP) is 5.24. The Morgan fingerprint density at radius 3 is 2.49 bits per heavy atom. The summed E-state index contributed by atoms with van der Waals surface area (Å²) >= 11 is 0. The van der Waals surface area contributed by atoms with Crippen molar-refractivity contribution in [2.45, 2.75) is 50.4 Å². The number of hydrogen-bond acceptors (Lipinski definition) is 6. The summed E-state index contributed by atoms with van der Waals surface area (Å²) < 4.78 is 59.5. The number of fused-ring (bicyclic) bond motifs is 1. The lowest BCUT2D eigenvalue weighted by atomic mass is 10.0. The van der Waals surface area contributed by atoms with E-state index in [0.29, 0.717) is 23.4 Å². The van der Waals surface area contributed by atoms with Gasteiger partial charge in [0.15, 0.2) is 11.6 Å². The topological polar surface area (TPSA) is 92.9 Å². The predicted molar refractivity (Wildman–Crippen MR) is 133 cm³/mol. The SMILES string of the molecule is O=C(Cc1ccc(-c2cnc(Cc3ccc4c(c3)CNC4)nc2)cc1F)Nc1cc(C2(C(F)(F)F)CC2)on1. The molecule has 2 N–H and O–H groups in total. The van der Waals surface area contributed by atoms with E-state index < -0.39 is 23.3 Å². The van der Waals surface area contributed by atoms with E-state index in [2.05, 4.69) is 44.0 Å². The van der Waals surface area contributed by atoms with Crippen molar-refractivity contribution < 1.29 is 26.9 Å². The number of nitrogens with one attached hydrogen (secondary N) is 2. The van der Waals surface area contributed by atoms with Gasteiger partial charge in [-0.2, -0.15) is 13.2 Å². The molecule has 1 fully saturated rings. The van der Waals surface area contributed by atoms with Gasteiger partial charge in [-0.1, -0.05) is 35.5 Å². The molecule has 0 unspecified atom stereocenters. The Morgan fingerprint density at radius 2 is 1.77 bits per heavy atom. The molecule has 1 aliphatic carbocycles. The van der Waals surface area contributed by atoms with Gasteiger partial charge in [0.05, 0.1) is 6.42 Å². The summed E-state index contributed by atoms with van der Waals surface area (Å²) in [5, 5.41) is 9.22. The number of amides is 1. The first-order chi connectivity index (χ1) is 18.7. The number of hydrogen-bond donors (Lipinski definition) is 2. The Hall–Kier alpha value is -4.12. The van der Waals surface area contributed by atoms with Crippen molar-refractivity contribution in [2.75, 3.05) is 5.32 Å². The highest BCUT2D eigenvalue weighted by Gasteiger charge is 2.66. The van der Waals surface area contributed by atoms with Crippen molar-refractivity contribution in [3.8, 4) is 11.1 Å². The minimum Gasteiger partial charge on any atom is -0.358 e. The standard InChI is InChI=1S/C28H23F4N5O2/c29-22-9-17(21-14-34-24(35-15-21)8-16-1-2-19-12-33-13-20(19)7-16)3-4-18(22)10-26(38)36-25-11-23(39-37-25)27(5-6-27)28(30,31)32/h1-4,7,9,11,14-15,33H,5-6,8,10,12-13H2,(H,36,37,38). The normalized spacial score (nSPS) is 15.7. The third-order valence-corrected chi connectivity index (χ3v) is 7.25. The van der Waals surface area contributed by atoms with Gasteiger partial charge in [-0.25, -0.2) is 14.4 Å². The summed E-state index contributed by atoms with van der Waals surface area (Å²) in [5.41, 5.74) is 2.97. The van der Waals surface area contributed by atoms with Crippen molar-refractivity contribution in [1.29, 1.82) is 0 Å². The molecule has 6 rings (SSSR count). The van der Waals surface area contributed by atoms with E-state index in [-0.39, 0.29) is 36.4 Å². The van der Waals surface area contributed by atoms with Crippen LogP contribution in [0.2, 0.25) is 0 Å². The van der Waals surface area contributed by atoms with Gasteiger partial charge >= 0.3 is 6.18 Å². The van der Waals surface area contributed by atoms with Gasteiger partial charge in [-0.3, -0.25) is 4.79 Å². The van der Waals surface area contributed by atoms with Crippen LogP contribution < -0.4 is 10.6 Å². The summed E-state index contributed by atoms with van der Waals surface area (Å²) in [7, 11) is 0. The second-order valence-corrected chi connectivity index (χ2v) is 9.96. The first-order valence-corrected chi connectivity index (χ1v) is 12.5. The zero-order valence-electron chi connectivity index (χ0n) is 20.6. The molecule has 0 atom stereocenters. The van der Waals surface area contributed by atoms with Crippen LogP contribution in [0.4, 0.5) is 23.4 Å². The fourth-order valence-corrected chi connectivity index (χ4v) is 4.82. The first-order valence-electron chi connectivity index (χ1n) is 12.5. The van der Waals surface area contributed by atoms with Crippen molar-refractivity contribution in [1.82, 2.24) is 20.4 Å². The smallest absolute Gasteiger partial charge is 0.358 e. The van der Waals surface area contributed by atoms with Crippen LogP contribution in [0.15, 0.2) is 59.4 Å². The van der Waals surface area contributed by atoms with Crippen molar-refractivity contribution >= 4 is 11.7 Å². The molecular formula is C28H23F4N5O2. The quantitative estimate of drug-likeness (QED) is 0.313. The number of aromatic nitrogens is 3. The molecule has 0 radical (unpaired) electrons. The van der Waals surface area contributed by atoms with Crippen LogP contribution in [-0.2, 0) is 36.1 Å². The molecule has 1 aliphatic heterocycles. The molecule has 4 aromatic rings. The minimum atomic E-state index is -4.45. The Labute approximate surface area is 220 Å². The minimum absolute atomic E-state index is 0.0864. The molecule has 200 valence electrons. The summed E-state index contributed by atoms with van der Waals surface area (Å²) in [6.45, 7) is 1.74. The number of anilines is 1. The highest BCUT2D eigenvalue weighted by molar-refractivity contribution is 5.91. The summed E-state index contributed by atoms with van der Waals surface area (Å²) in [5.74, 6) is -1.06. The molecular weight excluding hydrogens is 514 g/mol. The van der Waals surface area contributed by atoms with Gasteiger partial charge in [0.25, 0.3) is 0 Å². The highest BCUT2D eigenvalue weighted by atomic mass is 19.4. The van der Waals surface area contributed by atoms with Gasteiger partial charge in [0.1, 0.15) is 17.1 Å². The van der Waals surface area contributed by atoms with Gasteiger partial charge in [-0.05, 0) is 46.7 Å². The lowest BCUT2D eigenvalue weighted by Gasteiger charge is -2.14. The van der Waals surface area contributed by atoms with Crippen molar-refractivity contribution in [2.24, 2.45) is 0 Å². The molecule has 1 amide bonds. The van der Waals surface area contributed by atoms with Gasteiger partial charge < -0.3 is 15.2 Å². The number of halogens is 4. The largest absolute Gasteiger partial charge is 0.401 e. The van der Waals surface area contributed by atoms with Gasteiger partial charge in [0.2, 0.25) is 5.91 Å². The lowest BCUT2D eigenvalue weighted by Crippen LogP contribution is -2.28. The zero-order chi connectivity index (χ0) is 27.2. The van der Waals surface area contributed by atoms with Gasteiger partial charge in [-0.15, -0.1) is 0 Å². The third kappa shape index (κ3) is 5.01. The second-order valence-electron chi connectivity index (χ2n) is 9.96. The maximum Gasteiger partial charge on any atom is 0.401 e. The number of carbonyl (C=O) groups is 1. The van der Waals surface area contributed by atoms with Crippen LogP contribution in [0.1, 0.15) is 46.7 Å². The number of carbonyl (C=O) groups excluding carboxylic acids is 1. The Kier molecular flexibility index (Phi) is 6.17. The van der Waals surface area contributed by atoms with Crippen LogP contribution >= 0.6 is 0 Å². The van der Waals surface area contributed by atoms with Crippen molar-refractivity contribution in [3.63, 3.8) is 0 Å². The molecule has 2 aliphatic rings. The summed E-state index contributed by atoms with van der Waals surface area (Å²) in [4.78, 5) is 21.3. The van der Waals surface area contributed by atoms with Crippen LogP contribution in [0.25, 0.3) is 11.1 Å². The molecule has 11 heteroatoms. The number of nitrogens with zero attached hydrogens (tertiary/aromatic N) is 3. The molecule has 0 bridgehead atoms. The molecule has 0 spiro atoms. The average molecular weight is 538 g/mol. The highest BCUT2D eigenvalue weighted by Crippen LogP contribution is 2.59. The number of alkyl halides is 3. The number of benzene rings is 2. The molecule has 2 aromatic heterocycles. The van der Waals surface area contributed by atoms with E-state index in [0.717, 1.165) is 24.7 Å². The molecule has 39 heavy (non-hydrogen) atoms. The average Bonchev–Trinajstić information content (AvgIpc) is 3.39. The summed E-state index contributed by atoms with van der Waals surface area (Å²) in [6, 6.07) is 11.8. The van der Waals surface area contributed by atoms with E-state index >= 15 is 0 Å². The van der Waals surface area contributed by atoms with Crippen LogP contribution in [-0.4, -0.2) is 27.2 Å². The fraction of sp³-hybridized carbons (Fsp3) is 0.286. The monoisotopic (exact) mass is 537 g/mol. The zero-order valence-corrected chi connectivity index (χ0v) is 20.6. The first kappa shape index (κ1) is 25.2. The van der Waals surface area contributed by atoms with E-state index in [1.807, 2.05) is 0 Å². The van der Waals surface area contributed by atoms with E-state index in [1.54, 1.807) is 18.5 Å². The van der Waals surface area contributed by atoms with E-state index in [4.69, 9.17) is 4.52 Å². The lowest BCUT2D eigenvalue weighted by molar-refractivity contribution is -0.165. The van der Waals surface area contributed by atoms with Crippen LogP contribution in [0.5, 0.6) is 0 Å². The Morgan fingerprint density at radius 1 is 1.00 bits per heavy atom. The van der Waals surface area contributed by atoms with E-state index in [1.165, 1.54) is 23.3 Å². The molecule has 1 saturated carbocycles. The summed E-state index contributed by atoms with van der Waals surface area (Å²) in [6.07, 6.45) is -1.11. The maximum absolute atomic E-state index is 14.8. The fourth-order valence-electron chi connectivity index (χ4n) is 4.82. The second kappa shape index (κ2) is 9.57.